The Morgan fingerprint density at radius 2 is 1.87 bits per heavy atom. The Kier molecular flexibility index (Phi) is 5.67. The molecule has 30 heavy (non-hydrogen) atoms. The summed E-state index contributed by atoms with van der Waals surface area (Å²) in [5, 5.41) is 12.5. The molecular formula is C22H28BClN6. The van der Waals surface area contributed by atoms with Gasteiger partial charge in [-0.3, -0.25) is 0 Å². The number of rotatable bonds is 4. The summed E-state index contributed by atoms with van der Waals surface area (Å²) >= 11 is 6.46. The maximum Gasteiger partial charge on any atom is 0.151 e. The number of aromatic nitrogens is 3. The number of benzene rings is 1. The minimum atomic E-state index is 0.442. The van der Waals surface area contributed by atoms with Crippen LogP contribution >= 0.6 is 11.6 Å². The molecule has 2 saturated heterocycles. The molecule has 2 aromatic heterocycles. The number of hydrogen-bond donors (Lipinski definition) is 2. The van der Waals surface area contributed by atoms with Gasteiger partial charge >= 0.3 is 0 Å². The van der Waals surface area contributed by atoms with Gasteiger partial charge in [0.2, 0.25) is 0 Å². The van der Waals surface area contributed by atoms with Crippen LogP contribution in [0.15, 0.2) is 36.5 Å². The summed E-state index contributed by atoms with van der Waals surface area (Å²) in [6.45, 7) is 4.63. The summed E-state index contributed by atoms with van der Waals surface area (Å²) < 4.78 is 1.93. The molecule has 6 nitrogen and oxygen atoms in total. The highest BCUT2D eigenvalue weighted by atomic mass is 35.5. The third-order valence-corrected chi connectivity index (χ3v) is 6.83. The van der Waals surface area contributed by atoms with E-state index in [9.17, 15) is 0 Å². The first-order valence-corrected chi connectivity index (χ1v) is 11.4. The third-order valence-electron chi connectivity index (χ3n) is 6.50. The van der Waals surface area contributed by atoms with E-state index in [1.807, 2.05) is 42.8 Å². The van der Waals surface area contributed by atoms with Gasteiger partial charge in [0.05, 0.1) is 5.69 Å². The number of likely N-dealkylation sites (tertiary alicyclic amines) is 1. The van der Waals surface area contributed by atoms with E-state index in [-0.39, 0.29) is 0 Å². The first kappa shape index (κ1) is 19.9. The van der Waals surface area contributed by atoms with E-state index in [0.717, 1.165) is 73.2 Å². The molecule has 8 heteroatoms. The van der Waals surface area contributed by atoms with Gasteiger partial charge in [0, 0.05) is 48.0 Å². The minimum Gasteiger partial charge on any atom is -0.367 e. The van der Waals surface area contributed by atoms with Crippen LogP contribution in [0, 0.1) is 0 Å². The van der Waals surface area contributed by atoms with Gasteiger partial charge in [-0.2, -0.15) is 9.61 Å². The van der Waals surface area contributed by atoms with Crippen LogP contribution in [0.5, 0.6) is 0 Å². The Morgan fingerprint density at radius 1 is 1.10 bits per heavy atom. The van der Waals surface area contributed by atoms with Crippen molar-refractivity contribution < 1.29 is 0 Å². The van der Waals surface area contributed by atoms with Crippen LogP contribution in [0.1, 0.15) is 25.7 Å². The van der Waals surface area contributed by atoms with Gasteiger partial charge in [-0.25, -0.2) is 4.98 Å². The molecule has 2 aliphatic heterocycles. The molecule has 3 aromatic rings. The monoisotopic (exact) mass is 422 g/mol. The SMILES string of the molecule is Bc1cnn2c(NC3CCN(C4CCNCC4)CC3)cc(-c3ccccc3Cl)nc12. The molecule has 2 aliphatic rings. The van der Waals surface area contributed by atoms with Crippen LogP contribution in [0.25, 0.3) is 16.9 Å². The van der Waals surface area contributed by atoms with Gasteiger partial charge in [0.25, 0.3) is 0 Å². The van der Waals surface area contributed by atoms with Crippen molar-refractivity contribution in [3.8, 4) is 11.3 Å². The molecule has 0 spiro atoms. The molecule has 2 N–H and O–H groups in total. The molecule has 0 unspecified atom stereocenters. The van der Waals surface area contributed by atoms with Crippen molar-refractivity contribution in [2.24, 2.45) is 0 Å². The second-order valence-corrected chi connectivity index (χ2v) is 8.91. The summed E-state index contributed by atoms with van der Waals surface area (Å²) in [6, 6.07) is 11.2. The Bertz CT molecular complexity index is 1020. The first-order valence-electron chi connectivity index (χ1n) is 11.0. The highest BCUT2D eigenvalue weighted by molar-refractivity contribution is 6.36. The van der Waals surface area contributed by atoms with Gasteiger partial charge in [0.15, 0.2) is 5.65 Å². The van der Waals surface area contributed by atoms with E-state index in [1.165, 1.54) is 12.8 Å². The molecule has 0 amide bonds. The van der Waals surface area contributed by atoms with Crippen molar-refractivity contribution in [1.29, 1.82) is 0 Å². The van der Waals surface area contributed by atoms with Crippen LogP contribution in [0.3, 0.4) is 0 Å². The standard InChI is InChI=1S/C22H28BClN6/c23-18-14-26-30-21(13-20(28-22(18)30)17-3-1-2-4-19(17)24)27-15-7-11-29(12-8-15)16-5-9-25-10-6-16/h1-4,13-16,25,27H,5-12,23H2. The predicted octanol–water partition coefficient (Wildman–Crippen LogP) is 1.94. The van der Waals surface area contributed by atoms with Gasteiger partial charge in [-0.05, 0) is 50.3 Å². The zero-order valence-electron chi connectivity index (χ0n) is 17.4. The number of anilines is 1. The van der Waals surface area contributed by atoms with Gasteiger partial charge in [-0.15, -0.1) is 0 Å². The summed E-state index contributed by atoms with van der Waals surface area (Å²) in [5.41, 5.74) is 3.77. The summed E-state index contributed by atoms with van der Waals surface area (Å²) in [5.74, 6) is 0.989. The molecule has 0 atom stereocenters. The summed E-state index contributed by atoms with van der Waals surface area (Å²) in [4.78, 5) is 7.54. The minimum absolute atomic E-state index is 0.442. The van der Waals surface area contributed by atoms with Crippen molar-refractivity contribution in [2.75, 3.05) is 31.5 Å². The van der Waals surface area contributed by atoms with E-state index < -0.39 is 0 Å². The van der Waals surface area contributed by atoms with Crippen LogP contribution in [-0.4, -0.2) is 65.6 Å². The summed E-state index contributed by atoms with van der Waals surface area (Å²) in [7, 11) is 2.05. The number of piperidine rings is 2. The molecule has 156 valence electrons. The topological polar surface area (TPSA) is 57.5 Å². The lowest BCUT2D eigenvalue weighted by molar-refractivity contribution is 0.130. The molecule has 0 bridgehead atoms. The van der Waals surface area contributed by atoms with Gasteiger partial charge in [0.1, 0.15) is 13.7 Å². The number of nitrogens with zero attached hydrogens (tertiary/aromatic N) is 4. The van der Waals surface area contributed by atoms with Crippen molar-refractivity contribution in [3.63, 3.8) is 0 Å². The molecular weight excluding hydrogens is 395 g/mol. The molecule has 5 rings (SSSR count). The van der Waals surface area contributed by atoms with Crippen LogP contribution in [0.2, 0.25) is 5.02 Å². The number of nitrogens with one attached hydrogen (secondary N) is 2. The van der Waals surface area contributed by atoms with Gasteiger partial charge in [-0.1, -0.05) is 29.8 Å². The second-order valence-electron chi connectivity index (χ2n) is 8.51. The Hall–Kier alpha value is -2.09. The lowest BCUT2D eigenvalue weighted by atomic mass is 9.98. The van der Waals surface area contributed by atoms with Crippen molar-refractivity contribution >= 4 is 36.4 Å². The average molecular weight is 423 g/mol. The summed E-state index contributed by atoms with van der Waals surface area (Å²) in [6.07, 6.45) is 6.72. The molecule has 0 aliphatic carbocycles. The fourth-order valence-corrected chi connectivity index (χ4v) is 5.00. The van der Waals surface area contributed by atoms with Crippen LogP contribution in [-0.2, 0) is 0 Å². The Labute approximate surface area is 183 Å². The number of halogens is 1. The number of hydrogen-bond acceptors (Lipinski definition) is 5. The predicted molar refractivity (Wildman–Crippen MR) is 126 cm³/mol. The maximum atomic E-state index is 6.46. The van der Waals surface area contributed by atoms with Crippen LogP contribution in [0.4, 0.5) is 5.82 Å². The Balaban J connectivity index is 1.37. The fourth-order valence-electron chi connectivity index (χ4n) is 4.77. The van der Waals surface area contributed by atoms with E-state index in [4.69, 9.17) is 16.6 Å². The van der Waals surface area contributed by atoms with E-state index in [1.54, 1.807) is 0 Å². The number of fused-ring (bicyclic) bond motifs is 1. The molecule has 0 radical (unpaired) electrons. The first-order chi connectivity index (χ1) is 14.7. The third kappa shape index (κ3) is 3.94. The zero-order valence-corrected chi connectivity index (χ0v) is 18.2. The van der Waals surface area contributed by atoms with Gasteiger partial charge < -0.3 is 15.5 Å². The highest BCUT2D eigenvalue weighted by Gasteiger charge is 2.26. The molecule has 1 aromatic carbocycles. The average Bonchev–Trinajstić information content (AvgIpc) is 3.16. The zero-order chi connectivity index (χ0) is 20.5. The van der Waals surface area contributed by atoms with E-state index in [0.29, 0.717) is 11.1 Å². The maximum absolute atomic E-state index is 6.46. The quantitative estimate of drug-likeness (QED) is 0.629. The fraction of sp³-hybridized carbons (Fsp3) is 0.455. The lowest BCUT2D eigenvalue weighted by Crippen LogP contribution is -2.48. The van der Waals surface area contributed by atoms with Crippen LogP contribution < -0.4 is 16.1 Å². The normalized spacial score (nSPS) is 19.4. The van der Waals surface area contributed by atoms with Crippen molar-refractivity contribution in [2.45, 2.75) is 37.8 Å². The van der Waals surface area contributed by atoms with E-state index >= 15 is 0 Å². The van der Waals surface area contributed by atoms with Crippen molar-refractivity contribution in [3.05, 3.63) is 41.6 Å². The Morgan fingerprint density at radius 3 is 2.63 bits per heavy atom. The second kappa shape index (κ2) is 8.57. The van der Waals surface area contributed by atoms with E-state index in [2.05, 4.69) is 26.7 Å². The molecule has 2 fully saturated rings. The molecule has 0 saturated carbocycles. The largest absolute Gasteiger partial charge is 0.367 e. The lowest BCUT2D eigenvalue weighted by Gasteiger charge is -2.39. The molecule has 4 heterocycles. The highest BCUT2D eigenvalue weighted by Crippen LogP contribution is 2.29. The smallest absolute Gasteiger partial charge is 0.151 e. The van der Waals surface area contributed by atoms with Crippen molar-refractivity contribution in [1.82, 2.24) is 24.8 Å².